The van der Waals surface area contributed by atoms with Gasteiger partial charge in [0.2, 0.25) is 0 Å². The Bertz CT molecular complexity index is 749. The van der Waals surface area contributed by atoms with Crippen molar-refractivity contribution >= 4 is 17.3 Å². The fourth-order valence-corrected chi connectivity index (χ4v) is 2.52. The molecule has 26 heavy (non-hydrogen) atoms. The summed E-state index contributed by atoms with van der Waals surface area (Å²) in [5.41, 5.74) is -4.23. The second kappa shape index (κ2) is 7.02. The molecule has 1 aromatic rings. The smallest absolute Gasteiger partial charge is 0.362 e. The van der Waals surface area contributed by atoms with E-state index in [4.69, 9.17) is 0 Å². The van der Waals surface area contributed by atoms with E-state index in [1.165, 1.54) is 6.07 Å². The van der Waals surface area contributed by atoms with Crippen molar-refractivity contribution in [2.75, 3.05) is 0 Å². The Labute approximate surface area is 147 Å². The van der Waals surface area contributed by atoms with Crippen LogP contribution in [0.2, 0.25) is 0 Å². The highest BCUT2D eigenvalue weighted by Gasteiger charge is 2.63. The summed E-state index contributed by atoms with van der Waals surface area (Å²) in [6.45, 7) is 3.77. The molecule has 1 aliphatic heterocycles. The maximum absolute atomic E-state index is 13.4. The van der Waals surface area contributed by atoms with E-state index in [0.717, 1.165) is 18.2 Å². The molecular weight excluding hydrogens is 355 g/mol. The van der Waals surface area contributed by atoms with Crippen LogP contribution >= 0.6 is 0 Å². The summed E-state index contributed by atoms with van der Waals surface area (Å²) in [6, 6.07) is 4.26. The van der Waals surface area contributed by atoms with Gasteiger partial charge in [-0.1, -0.05) is 19.9 Å². The number of carbonyl (C=O) groups is 1. The number of non-ortho nitro benzene ring substituents is 1. The molecular formula is C16H18F3N3O4. The third kappa shape index (κ3) is 3.85. The number of nitro groups is 1. The van der Waals surface area contributed by atoms with Crippen LogP contribution < -0.4 is 0 Å². The number of rotatable bonds is 5. The van der Waals surface area contributed by atoms with Gasteiger partial charge in [0.15, 0.2) is 0 Å². The summed E-state index contributed by atoms with van der Waals surface area (Å²) in [5, 5.41) is 24.7. The Morgan fingerprint density at radius 2 is 2.12 bits per heavy atom. The van der Waals surface area contributed by atoms with E-state index in [2.05, 4.69) is 5.10 Å². The zero-order valence-electron chi connectivity index (χ0n) is 14.2. The molecule has 0 fully saturated rings. The molecule has 0 saturated carbocycles. The number of hydrazone groups is 1. The molecule has 0 spiro atoms. The number of amides is 1. The van der Waals surface area contributed by atoms with Gasteiger partial charge in [0.1, 0.15) is 0 Å². The van der Waals surface area contributed by atoms with Crippen molar-refractivity contribution in [3.8, 4) is 0 Å². The number of nitro benzene ring substituents is 1. The molecule has 1 unspecified atom stereocenters. The first-order chi connectivity index (χ1) is 12.0. The maximum atomic E-state index is 13.4. The Hall–Kier alpha value is -2.49. The minimum atomic E-state index is -5.13. The van der Waals surface area contributed by atoms with Crippen molar-refractivity contribution in [2.24, 2.45) is 11.0 Å². The van der Waals surface area contributed by atoms with Crippen molar-refractivity contribution in [2.45, 2.75) is 45.0 Å². The highest BCUT2D eigenvalue weighted by Crippen LogP contribution is 2.41. The van der Waals surface area contributed by atoms with Crippen LogP contribution in [0.1, 0.15) is 43.5 Å². The van der Waals surface area contributed by atoms with Crippen molar-refractivity contribution in [1.29, 1.82) is 0 Å². The fraction of sp³-hybridized carbons (Fsp3) is 0.500. The number of hydrogen-bond acceptors (Lipinski definition) is 5. The minimum absolute atomic E-state index is 0.0122. The number of aliphatic hydroxyl groups is 1. The zero-order valence-corrected chi connectivity index (χ0v) is 14.2. The summed E-state index contributed by atoms with van der Waals surface area (Å²) >= 11 is 0. The van der Waals surface area contributed by atoms with Gasteiger partial charge in [0.05, 0.1) is 4.92 Å². The van der Waals surface area contributed by atoms with Crippen molar-refractivity contribution in [3.05, 3.63) is 39.9 Å². The molecule has 0 bridgehead atoms. The lowest BCUT2D eigenvalue weighted by Gasteiger charge is -2.32. The fourth-order valence-electron chi connectivity index (χ4n) is 2.52. The van der Waals surface area contributed by atoms with Crippen LogP contribution in [0.5, 0.6) is 0 Å². The average Bonchev–Trinajstić information content (AvgIpc) is 2.90. The number of hydrogen-bond donors (Lipinski definition) is 1. The lowest BCUT2D eigenvalue weighted by Crippen LogP contribution is -2.56. The van der Waals surface area contributed by atoms with E-state index in [-0.39, 0.29) is 28.6 Å². The van der Waals surface area contributed by atoms with Gasteiger partial charge in [0.25, 0.3) is 17.3 Å². The summed E-state index contributed by atoms with van der Waals surface area (Å²) < 4.78 is 40.3. The standard InChI is InChI=1S/C16H18F3N3O4/c1-10(2)6-7-12-9-15(24,16(17,18)19)21(20-12)14(23)11-4-3-5-13(8-11)22(25)26/h3-5,8,10,24H,6-7,9H2,1-2H3. The molecule has 1 aromatic carbocycles. The topological polar surface area (TPSA) is 96.0 Å². The molecule has 1 aliphatic rings. The third-order valence-corrected chi connectivity index (χ3v) is 4.00. The second-order valence-corrected chi connectivity index (χ2v) is 6.51. The normalized spacial score (nSPS) is 20.4. The molecule has 1 heterocycles. The third-order valence-electron chi connectivity index (χ3n) is 4.00. The van der Waals surface area contributed by atoms with Crippen LogP contribution in [-0.2, 0) is 0 Å². The highest BCUT2D eigenvalue weighted by atomic mass is 19.4. The molecule has 0 aromatic heterocycles. The van der Waals surface area contributed by atoms with E-state index in [0.29, 0.717) is 6.42 Å². The Kier molecular flexibility index (Phi) is 5.36. The van der Waals surface area contributed by atoms with E-state index >= 15 is 0 Å². The Morgan fingerprint density at radius 3 is 2.65 bits per heavy atom. The predicted octanol–water partition coefficient (Wildman–Crippen LogP) is 3.48. The Morgan fingerprint density at radius 1 is 1.46 bits per heavy atom. The van der Waals surface area contributed by atoms with Crippen LogP contribution in [-0.4, -0.2) is 38.6 Å². The summed E-state index contributed by atoms with van der Waals surface area (Å²) in [5.74, 6) is -1.05. The number of carbonyl (C=O) groups excluding carboxylic acids is 1. The molecule has 0 saturated heterocycles. The van der Waals surface area contributed by atoms with Gasteiger partial charge in [-0.15, -0.1) is 0 Å². The van der Waals surface area contributed by atoms with Gasteiger partial charge >= 0.3 is 6.18 Å². The van der Waals surface area contributed by atoms with Crippen LogP contribution in [0.25, 0.3) is 0 Å². The average molecular weight is 373 g/mol. The lowest BCUT2D eigenvalue weighted by atomic mass is 9.99. The molecule has 142 valence electrons. The highest BCUT2D eigenvalue weighted by molar-refractivity contribution is 5.98. The number of nitrogens with zero attached hydrogens (tertiary/aromatic N) is 3. The van der Waals surface area contributed by atoms with Crippen molar-refractivity contribution in [1.82, 2.24) is 5.01 Å². The van der Waals surface area contributed by atoms with Gasteiger partial charge in [0, 0.05) is 29.8 Å². The van der Waals surface area contributed by atoms with Gasteiger partial charge in [-0.05, 0) is 24.8 Å². The van der Waals surface area contributed by atoms with E-state index in [9.17, 15) is 33.2 Å². The second-order valence-electron chi connectivity index (χ2n) is 6.51. The molecule has 1 atom stereocenters. The summed E-state index contributed by atoms with van der Waals surface area (Å²) in [4.78, 5) is 22.5. The first kappa shape index (κ1) is 19.8. The molecule has 0 aliphatic carbocycles. The number of halogens is 3. The van der Waals surface area contributed by atoms with Crippen LogP contribution in [0.4, 0.5) is 18.9 Å². The minimum Gasteiger partial charge on any atom is -0.362 e. The summed E-state index contributed by atoms with van der Waals surface area (Å²) in [7, 11) is 0. The number of benzene rings is 1. The maximum Gasteiger partial charge on any atom is 0.438 e. The van der Waals surface area contributed by atoms with Gasteiger partial charge in [-0.3, -0.25) is 14.9 Å². The summed E-state index contributed by atoms with van der Waals surface area (Å²) in [6.07, 6.45) is -5.23. The largest absolute Gasteiger partial charge is 0.438 e. The van der Waals surface area contributed by atoms with E-state index in [1.54, 1.807) is 0 Å². The molecule has 2 rings (SSSR count). The van der Waals surface area contributed by atoms with Gasteiger partial charge in [-0.2, -0.15) is 23.3 Å². The van der Waals surface area contributed by atoms with Gasteiger partial charge < -0.3 is 5.11 Å². The number of alkyl halides is 3. The first-order valence-corrected chi connectivity index (χ1v) is 7.90. The SMILES string of the molecule is CC(C)CCC1=NN(C(=O)c2cccc([N+](=O)[O-])c2)C(O)(C(F)(F)F)C1. The molecule has 1 N–H and O–H groups in total. The van der Waals surface area contributed by atoms with Crippen molar-refractivity contribution < 1.29 is 28.0 Å². The van der Waals surface area contributed by atoms with Gasteiger partial charge in [-0.25, -0.2) is 0 Å². The van der Waals surface area contributed by atoms with Crippen LogP contribution in [0.15, 0.2) is 29.4 Å². The Balaban J connectivity index is 2.39. The van der Waals surface area contributed by atoms with E-state index < -0.39 is 34.8 Å². The molecule has 7 nitrogen and oxygen atoms in total. The van der Waals surface area contributed by atoms with Crippen molar-refractivity contribution in [3.63, 3.8) is 0 Å². The predicted molar refractivity (Wildman–Crippen MR) is 86.4 cm³/mol. The van der Waals surface area contributed by atoms with Crippen LogP contribution in [0.3, 0.4) is 0 Å². The van der Waals surface area contributed by atoms with E-state index in [1.807, 2.05) is 13.8 Å². The lowest BCUT2D eigenvalue weighted by molar-refractivity contribution is -0.384. The van der Waals surface area contributed by atoms with Crippen LogP contribution in [0, 0.1) is 16.0 Å². The molecule has 1 amide bonds. The molecule has 0 radical (unpaired) electrons. The zero-order chi connectivity index (χ0) is 19.7. The monoisotopic (exact) mass is 373 g/mol. The first-order valence-electron chi connectivity index (χ1n) is 7.90. The molecule has 10 heteroatoms. The quantitative estimate of drug-likeness (QED) is 0.631.